The van der Waals surface area contributed by atoms with Gasteiger partial charge in [0.15, 0.2) is 0 Å². The van der Waals surface area contributed by atoms with Crippen molar-refractivity contribution in [3.63, 3.8) is 0 Å². The van der Waals surface area contributed by atoms with Gasteiger partial charge >= 0.3 is 0 Å². The van der Waals surface area contributed by atoms with Crippen molar-refractivity contribution in [3.8, 4) is 0 Å². The van der Waals surface area contributed by atoms with Crippen molar-refractivity contribution in [1.82, 2.24) is 15.0 Å². The molecule has 1 aliphatic carbocycles. The molecule has 1 atom stereocenters. The molecule has 0 saturated carbocycles. The van der Waals surface area contributed by atoms with Gasteiger partial charge < -0.3 is 0 Å². The van der Waals surface area contributed by atoms with Crippen molar-refractivity contribution in [1.29, 1.82) is 0 Å². The molecule has 106 valence electrons. The zero-order valence-electron chi connectivity index (χ0n) is 12.5. The standard InChI is InChI=1S/C17H23N3/c1-3-20-12-17(18-19-20)10-13(2)15-9-8-14-6-4-5-7-16(14)11-15/h8-9,11-13H,3-7,10H2,1-2H3. The molecule has 0 bridgehead atoms. The average molecular weight is 269 g/mol. The van der Waals surface area contributed by atoms with Gasteiger partial charge in [-0.15, -0.1) is 5.10 Å². The smallest absolute Gasteiger partial charge is 0.0833 e. The van der Waals surface area contributed by atoms with E-state index in [0.717, 1.165) is 18.7 Å². The van der Waals surface area contributed by atoms with Crippen molar-refractivity contribution in [2.45, 2.75) is 58.4 Å². The Morgan fingerprint density at radius 1 is 1.20 bits per heavy atom. The second-order valence-electron chi connectivity index (χ2n) is 5.91. The average Bonchev–Trinajstić information content (AvgIpc) is 2.94. The van der Waals surface area contributed by atoms with Crippen LogP contribution in [0, 0.1) is 0 Å². The van der Waals surface area contributed by atoms with Crippen LogP contribution in [0.1, 0.15) is 55.0 Å². The summed E-state index contributed by atoms with van der Waals surface area (Å²) in [6, 6.07) is 7.06. The number of hydrogen-bond donors (Lipinski definition) is 0. The third-order valence-electron chi connectivity index (χ3n) is 4.37. The summed E-state index contributed by atoms with van der Waals surface area (Å²) in [7, 11) is 0. The summed E-state index contributed by atoms with van der Waals surface area (Å²) in [4.78, 5) is 0. The van der Waals surface area contributed by atoms with Gasteiger partial charge in [-0.1, -0.05) is 30.3 Å². The van der Waals surface area contributed by atoms with Gasteiger partial charge in [-0.05, 0) is 61.6 Å². The molecule has 0 radical (unpaired) electrons. The Labute approximate surface area is 121 Å². The lowest BCUT2D eigenvalue weighted by molar-refractivity contribution is 0.626. The van der Waals surface area contributed by atoms with Crippen LogP contribution < -0.4 is 0 Å². The topological polar surface area (TPSA) is 30.7 Å². The van der Waals surface area contributed by atoms with Gasteiger partial charge in [-0.25, -0.2) is 0 Å². The van der Waals surface area contributed by atoms with Crippen molar-refractivity contribution < 1.29 is 0 Å². The van der Waals surface area contributed by atoms with Crippen LogP contribution in [0.5, 0.6) is 0 Å². The first kappa shape index (κ1) is 13.3. The first-order chi connectivity index (χ1) is 9.76. The molecule has 1 heterocycles. The number of nitrogens with zero attached hydrogens (tertiary/aromatic N) is 3. The lowest BCUT2D eigenvalue weighted by atomic mass is 9.87. The summed E-state index contributed by atoms with van der Waals surface area (Å²) in [6.45, 7) is 5.26. The van der Waals surface area contributed by atoms with E-state index in [-0.39, 0.29) is 0 Å². The summed E-state index contributed by atoms with van der Waals surface area (Å²) >= 11 is 0. The van der Waals surface area contributed by atoms with Crippen LogP contribution in [0.3, 0.4) is 0 Å². The Morgan fingerprint density at radius 2 is 2.00 bits per heavy atom. The molecule has 1 aromatic heterocycles. The van der Waals surface area contributed by atoms with Crippen molar-refractivity contribution in [2.24, 2.45) is 0 Å². The van der Waals surface area contributed by atoms with Crippen molar-refractivity contribution in [2.75, 3.05) is 0 Å². The van der Waals surface area contributed by atoms with Crippen LogP contribution in [0.25, 0.3) is 0 Å². The number of aromatic nitrogens is 3. The molecule has 1 aromatic carbocycles. The fourth-order valence-electron chi connectivity index (χ4n) is 3.08. The third-order valence-corrected chi connectivity index (χ3v) is 4.37. The van der Waals surface area contributed by atoms with E-state index < -0.39 is 0 Å². The normalized spacial score (nSPS) is 15.9. The molecule has 20 heavy (non-hydrogen) atoms. The van der Waals surface area contributed by atoms with Crippen molar-refractivity contribution >= 4 is 0 Å². The zero-order valence-corrected chi connectivity index (χ0v) is 12.5. The summed E-state index contributed by atoms with van der Waals surface area (Å²) in [5.41, 5.74) is 5.66. The quantitative estimate of drug-likeness (QED) is 0.850. The predicted octanol–water partition coefficient (Wildman–Crippen LogP) is 3.52. The third kappa shape index (κ3) is 2.77. The zero-order chi connectivity index (χ0) is 13.9. The largest absolute Gasteiger partial charge is 0.253 e. The second kappa shape index (κ2) is 5.78. The van der Waals surface area contributed by atoms with E-state index in [9.17, 15) is 0 Å². The Kier molecular flexibility index (Phi) is 3.86. The van der Waals surface area contributed by atoms with Crippen LogP contribution in [-0.4, -0.2) is 15.0 Å². The number of rotatable bonds is 4. The number of benzene rings is 1. The first-order valence-electron chi connectivity index (χ1n) is 7.77. The Balaban J connectivity index is 1.74. The van der Waals surface area contributed by atoms with Gasteiger partial charge in [0.05, 0.1) is 5.69 Å². The summed E-state index contributed by atoms with van der Waals surface area (Å²) in [5, 5.41) is 8.37. The van der Waals surface area contributed by atoms with Gasteiger partial charge in [-0.3, -0.25) is 4.68 Å². The molecule has 2 aromatic rings. The fourth-order valence-corrected chi connectivity index (χ4v) is 3.08. The van der Waals surface area contributed by atoms with Crippen LogP contribution in [0.2, 0.25) is 0 Å². The van der Waals surface area contributed by atoms with Crippen LogP contribution in [0.4, 0.5) is 0 Å². The number of fused-ring (bicyclic) bond motifs is 1. The van der Waals surface area contributed by atoms with E-state index in [1.165, 1.54) is 31.2 Å². The van der Waals surface area contributed by atoms with E-state index in [2.05, 4.69) is 48.6 Å². The SMILES string of the molecule is CCn1cc(CC(C)c2ccc3c(c2)CCCC3)nn1. The maximum Gasteiger partial charge on any atom is 0.0833 e. The molecule has 0 aliphatic heterocycles. The summed E-state index contributed by atoms with van der Waals surface area (Å²) < 4.78 is 1.90. The lowest BCUT2D eigenvalue weighted by Gasteiger charge is -2.18. The van der Waals surface area contributed by atoms with Gasteiger partial charge in [0.25, 0.3) is 0 Å². The highest BCUT2D eigenvalue weighted by molar-refractivity contribution is 5.35. The maximum absolute atomic E-state index is 4.25. The van der Waals surface area contributed by atoms with Gasteiger partial charge in [-0.2, -0.15) is 0 Å². The Morgan fingerprint density at radius 3 is 2.75 bits per heavy atom. The molecule has 1 aliphatic rings. The van der Waals surface area contributed by atoms with Crippen LogP contribution in [0.15, 0.2) is 24.4 Å². The van der Waals surface area contributed by atoms with E-state index in [1.807, 2.05) is 4.68 Å². The molecule has 3 heteroatoms. The highest BCUT2D eigenvalue weighted by Gasteiger charge is 2.14. The number of aryl methyl sites for hydroxylation is 3. The van der Waals surface area contributed by atoms with Gasteiger partial charge in [0.1, 0.15) is 0 Å². The minimum Gasteiger partial charge on any atom is -0.253 e. The molecule has 0 saturated heterocycles. The second-order valence-corrected chi connectivity index (χ2v) is 5.91. The highest BCUT2D eigenvalue weighted by Crippen LogP contribution is 2.26. The van der Waals surface area contributed by atoms with E-state index >= 15 is 0 Å². The van der Waals surface area contributed by atoms with Gasteiger partial charge in [0.2, 0.25) is 0 Å². The lowest BCUT2D eigenvalue weighted by Crippen LogP contribution is -2.05. The molecule has 0 amide bonds. The number of hydrogen-bond acceptors (Lipinski definition) is 2. The van der Waals surface area contributed by atoms with E-state index in [0.29, 0.717) is 5.92 Å². The first-order valence-corrected chi connectivity index (χ1v) is 7.77. The molecule has 3 nitrogen and oxygen atoms in total. The molecule has 0 fully saturated rings. The summed E-state index contributed by atoms with van der Waals surface area (Å²) in [5.74, 6) is 0.504. The van der Waals surface area contributed by atoms with Crippen molar-refractivity contribution in [3.05, 3.63) is 46.8 Å². The molecular formula is C17H23N3. The molecule has 1 unspecified atom stereocenters. The highest BCUT2D eigenvalue weighted by atomic mass is 15.4. The summed E-state index contributed by atoms with van der Waals surface area (Å²) in [6.07, 6.45) is 8.24. The minimum absolute atomic E-state index is 0.504. The minimum atomic E-state index is 0.504. The Bertz CT molecular complexity index is 586. The molecule has 0 spiro atoms. The molecule has 0 N–H and O–H groups in total. The molecular weight excluding hydrogens is 246 g/mol. The molecule has 3 rings (SSSR count). The fraction of sp³-hybridized carbons (Fsp3) is 0.529. The van der Waals surface area contributed by atoms with Gasteiger partial charge in [0, 0.05) is 12.7 Å². The van der Waals surface area contributed by atoms with Crippen LogP contribution >= 0.6 is 0 Å². The Hall–Kier alpha value is -1.64. The maximum atomic E-state index is 4.25. The van der Waals surface area contributed by atoms with E-state index in [4.69, 9.17) is 0 Å². The van der Waals surface area contributed by atoms with E-state index in [1.54, 1.807) is 11.1 Å². The monoisotopic (exact) mass is 269 g/mol. The van der Waals surface area contributed by atoms with Crippen LogP contribution in [-0.2, 0) is 25.8 Å². The predicted molar refractivity (Wildman–Crippen MR) is 80.9 cm³/mol.